The molecule has 0 saturated heterocycles. The van der Waals surface area contributed by atoms with Crippen LogP contribution in [0.15, 0.2) is 24.3 Å². The Balaban J connectivity index is 1.92. The number of sulfonamides is 1. The summed E-state index contributed by atoms with van der Waals surface area (Å²) in [7, 11) is -3.35. The first-order chi connectivity index (χ1) is 10.8. The normalized spacial score (nSPS) is 17.5. The van der Waals surface area contributed by atoms with Crippen LogP contribution in [-0.4, -0.2) is 26.6 Å². The van der Waals surface area contributed by atoms with E-state index in [0.29, 0.717) is 23.7 Å². The number of carbonyl (C=O) groups excluding carboxylic acids is 1. The van der Waals surface area contributed by atoms with Gasteiger partial charge in [0.1, 0.15) is 0 Å². The van der Waals surface area contributed by atoms with Gasteiger partial charge in [0.25, 0.3) is 0 Å². The molecule has 0 aromatic heterocycles. The molecule has 0 aliphatic heterocycles. The topological polar surface area (TPSA) is 101 Å². The van der Waals surface area contributed by atoms with Gasteiger partial charge in [-0.3, -0.25) is 9.52 Å². The van der Waals surface area contributed by atoms with Crippen molar-refractivity contribution in [2.75, 3.05) is 16.3 Å². The molecule has 0 bridgehead atoms. The van der Waals surface area contributed by atoms with Gasteiger partial charge in [-0.15, -0.1) is 0 Å². The molecule has 1 fully saturated rings. The quantitative estimate of drug-likeness (QED) is 0.740. The zero-order valence-corrected chi connectivity index (χ0v) is 14.2. The Morgan fingerprint density at radius 1 is 1.26 bits per heavy atom. The van der Waals surface area contributed by atoms with Crippen molar-refractivity contribution in [3.63, 3.8) is 0 Å². The molecule has 4 N–H and O–H groups in total. The van der Waals surface area contributed by atoms with Crippen molar-refractivity contribution in [3.05, 3.63) is 24.3 Å². The molecule has 2 rings (SSSR count). The van der Waals surface area contributed by atoms with Crippen LogP contribution in [0, 0.1) is 5.92 Å². The van der Waals surface area contributed by atoms with Crippen LogP contribution in [0.1, 0.15) is 38.5 Å². The van der Waals surface area contributed by atoms with Gasteiger partial charge in [-0.1, -0.05) is 38.2 Å². The van der Waals surface area contributed by atoms with E-state index in [1.807, 2.05) is 0 Å². The summed E-state index contributed by atoms with van der Waals surface area (Å²) in [6.45, 7) is 0. The monoisotopic (exact) mass is 339 g/mol. The van der Waals surface area contributed by atoms with Gasteiger partial charge in [-0.25, -0.2) is 8.42 Å². The largest absolute Gasteiger partial charge is 0.325 e. The van der Waals surface area contributed by atoms with Crippen LogP contribution in [0.25, 0.3) is 0 Å². The van der Waals surface area contributed by atoms with Crippen molar-refractivity contribution in [3.8, 4) is 0 Å². The van der Waals surface area contributed by atoms with Gasteiger partial charge in [-0.05, 0) is 30.5 Å². The van der Waals surface area contributed by atoms with E-state index < -0.39 is 16.1 Å². The predicted molar refractivity (Wildman–Crippen MR) is 92.7 cm³/mol. The van der Waals surface area contributed by atoms with E-state index >= 15 is 0 Å². The Kier molecular flexibility index (Phi) is 6.01. The molecule has 1 amide bonds. The molecular formula is C16H25N3O3S. The fraction of sp³-hybridized carbons (Fsp3) is 0.562. The van der Waals surface area contributed by atoms with Crippen LogP contribution < -0.4 is 15.8 Å². The van der Waals surface area contributed by atoms with Crippen LogP contribution in [0.5, 0.6) is 0 Å². The fourth-order valence-corrected chi connectivity index (χ4v) is 3.55. The van der Waals surface area contributed by atoms with E-state index in [-0.39, 0.29) is 5.91 Å². The average molecular weight is 339 g/mol. The highest BCUT2D eigenvalue weighted by molar-refractivity contribution is 7.92. The van der Waals surface area contributed by atoms with Gasteiger partial charge in [0.15, 0.2) is 0 Å². The maximum absolute atomic E-state index is 12.2. The third-order valence-corrected chi connectivity index (χ3v) is 4.69. The lowest BCUT2D eigenvalue weighted by Crippen LogP contribution is -2.37. The Labute approximate surface area is 137 Å². The maximum Gasteiger partial charge on any atom is 0.241 e. The van der Waals surface area contributed by atoms with Gasteiger partial charge < -0.3 is 11.1 Å². The minimum Gasteiger partial charge on any atom is -0.325 e. The smallest absolute Gasteiger partial charge is 0.241 e. The summed E-state index contributed by atoms with van der Waals surface area (Å²) in [6, 6.07) is 6.05. The van der Waals surface area contributed by atoms with Crippen molar-refractivity contribution in [2.24, 2.45) is 11.7 Å². The van der Waals surface area contributed by atoms with Crippen LogP contribution in [-0.2, 0) is 14.8 Å². The zero-order valence-electron chi connectivity index (χ0n) is 13.4. The van der Waals surface area contributed by atoms with E-state index in [1.54, 1.807) is 24.3 Å². The van der Waals surface area contributed by atoms with E-state index in [4.69, 9.17) is 5.73 Å². The lowest BCUT2D eigenvalue weighted by atomic mass is 9.85. The number of nitrogens with one attached hydrogen (secondary N) is 2. The first-order valence-electron chi connectivity index (χ1n) is 7.98. The number of hydrogen-bond donors (Lipinski definition) is 3. The molecule has 7 heteroatoms. The standard InChI is InChI=1S/C16H25N3O3S/c1-23(21,22)19-14-9-5-8-13(11-14)18-16(20)15(17)10-12-6-3-2-4-7-12/h5,8-9,11-12,15,19H,2-4,6-7,10,17H2,1H3,(H,18,20). The zero-order chi connectivity index (χ0) is 16.9. The van der Waals surface area contributed by atoms with Crippen molar-refractivity contribution in [2.45, 2.75) is 44.6 Å². The molecular weight excluding hydrogens is 314 g/mol. The van der Waals surface area contributed by atoms with Gasteiger partial charge in [0, 0.05) is 5.69 Å². The number of amides is 1. The van der Waals surface area contributed by atoms with Crippen LogP contribution >= 0.6 is 0 Å². The molecule has 1 aromatic carbocycles. The second kappa shape index (κ2) is 7.79. The highest BCUT2D eigenvalue weighted by atomic mass is 32.2. The van der Waals surface area contributed by atoms with Crippen LogP contribution in [0.2, 0.25) is 0 Å². The fourth-order valence-electron chi connectivity index (χ4n) is 3.00. The number of carbonyl (C=O) groups is 1. The molecule has 1 aromatic rings. The Morgan fingerprint density at radius 3 is 2.57 bits per heavy atom. The number of benzene rings is 1. The van der Waals surface area contributed by atoms with Gasteiger partial charge >= 0.3 is 0 Å². The summed E-state index contributed by atoms with van der Waals surface area (Å²) < 4.78 is 24.9. The molecule has 23 heavy (non-hydrogen) atoms. The van der Waals surface area contributed by atoms with E-state index in [2.05, 4.69) is 10.0 Å². The Morgan fingerprint density at radius 2 is 1.91 bits per heavy atom. The second-order valence-electron chi connectivity index (χ2n) is 6.29. The van der Waals surface area contributed by atoms with Crippen molar-refractivity contribution in [1.29, 1.82) is 0 Å². The molecule has 1 unspecified atom stereocenters. The van der Waals surface area contributed by atoms with Crippen LogP contribution in [0.4, 0.5) is 11.4 Å². The van der Waals surface area contributed by atoms with Gasteiger partial charge in [-0.2, -0.15) is 0 Å². The molecule has 1 saturated carbocycles. The third-order valence-electron chi connectivity index (χ3n) is 4.08. The summed E-state index contributed by atoms with van der Waals surface area (Å²) in [5.74, 6) is 0.301. The Bertz CT molecular complexity index is 640. The number of nitrogens with two attached hydrogens (primary N) is 1. The number of anilines is 2. The highest BCUT2D eigenvalue weighted by Crippen LogP contribution is 2.27. The Hall–Kier alpha value is -1.60. The minimum absolute atomic E-state index is 0.230. The van der Waals surface area contributed by atoms with Crippen molar-refractivity contribution in [1.82, 2.24) is 0 Å². The molecule has 128 valence electrons. The second-order valence-corrected chi connectivity index (χ2v) is 8.04. The molecule has 0 heterocycles. The molecule has 6 nitrogen and oxygen atoms in total. The highest BCUT2D eigenvalue weighted by Gasteiger charge is 2.21. The lowest BCUT2D eigenvalue weighted by molar-refractivity contribution is -0.117. The van der Waals surface area contributed by atoms with Gasteiger partial charge in [0.2, 0.25) is 15.9 Å². The SMILES string of the molecule is CS(=O)(=O)Nc1cccc(NC(=O)C(N)CC2CCCCC2)c1. The summed E-state index contributed by atoms with van der Waals surface area (Å²) in [5, 5.41) is 2.76. The predicted octanol–water partition coefficient (Wildman–Crippen LogP) is 2.29. The van der Waals surface area contributed by atoms with Crippen LogP contribution in [0.3, 0.4) is 0 Å². The lowest BCUT2D eigenvalue weighted by Gasteiger charge is -2.24. The summed E-state index contributed by atoms with van der Waals surface area (Å²) in [6.07, 6.45) is 7.80. The van der Waals surface area contributed by atoms with Crippen molar-refractivity contribution >= 4 is 27.3 Å². The molecule has 1 aliphatic carbocycles. The average Bonchev–Trinajstić information content (AvgIpc) is 2.46. The molecule has 0 spiro atoms. The summed E-state index contributed by atoms with van der Waals surface area (Å²) >= 11 is 0. The van der Waals surface area contributed by atoms with E-state index in [0.717, 1.165) is 19.1 Å². The van der Waals surface area contributed by atoms with Gasteiger partial charge in [0.05, 0.1) is 18.0 Å². The first kappa shape index (κ1) is 17.7. The third kappa shape index (κ3) is 6.19. The number of hydrogen-bond acceptors (Lipinski definition) is 4. The summed E-state index contributed by atoms with van der Waals surface area (Å²) in [5.41, 5.74) is 6.95. The molecule has 1 atom stereocenters. The summed E-state index contributed by atoms with van der Waals surface area (Å²) in [4.78, 5) is 12.2. The molecule has 1 aliphatic rings. The van der Waals surface area contributed by atoms with Crippen molar-refractivity contribution < 1.29 is 13.2 Å². The minimum atomic E-state index is -3.35. The van der Waals surface area contributed by atoms with E-state index in [1.165, 1.54) is 19.3 Å². The first-order valence-corrected chi connectivity index (χ1v) is 9.87. The maximum atomic E-state index is 12.2. The molecule has 0 radical (unpaired) electrons. The number of rotatable bonds is 6. The van der Waals surface area contributed by atoms with E-state index in [9.17, 15) is 13.2 Å².